The van der Waals surface area contributed by atoms with Gasteiger partial charge in [0.05, 0.1) is 6.61 Å². The molecule has 1 aliphatic heterocycles. The summed E-state index contributed by atoms with van der Waals surface area (Å²) in [5, 5.41) is 2.92. The molecule has 7 nitrogen and oxygen atoms in total. The Morgan fingerprint density at radius 1 is 1.00 bits per heavy atom. The molecular weight excluding hydrogens is 358 g/mol. The minimum Gasteiger partial charge on any atom is -0.493 e. The Hall–Kier alpha value is -2.28. The molecule has 154 valence electrons. The Labute approximate surface area is 167 Å². The van der Waals surface area contributed by atoms with Crippen molar-refractivity contribution in [3.05, 3.63) is 24.3 Å². The van der Waals surface area contributed by atoms with Crippen LogP contribution in [-0.4, -0.2) is 68.2 Å². The van der Waals surface area contributed by atoms with E-state index in [-0.39, 0.29) is 18.5 Å². The van der Waals surface area contributed by atoms with Gasteiger partial charge in [-0.3, -0.25) is 4.79 Å². The highest BCUT2D eigenvalue weighted by Crippen LogP contribution is 2.25. The molecule has 1 aliphatic carbocycles. The summed E-state index contributed by atoms with van der Waals surface area (Å²) in [6.45, 7) is 2.96. The van der Waals surface area contributed by atoms with Crippen LogP contribution < -0.4 is 10.1 Å². The summed E-state index contributed by atoms with van der Waals surface area (Å²) in [7, 11) is 1.51. The molecule has 0 aromatic heterocycles. The lowest BCUT2D eigenvalue weighted by molar-refractivity contribution is -0.136. The molecule has 2 aliphatic rings. The first-order chi connectivity index (χ1) is 13.7. The van der Waals surface area contributed by atoms with Gasteiger partial charge < -0.3 is 24.6 Å². The number of hydrogen-bond acceptors (Lipinski definition) is 4. The summed E-state index contributed by atoms with van der Waals surface area (Å²) in [5.41, 5.74) is 0.743. The van der Waals surface area contributed by atoms with E-state index in [0.29, 0.717) is 32.1 Å². The van der Waals surface area contributed by atoms with Crippen molar-refractivity contribution >= 4 is 17.6 Å². The van der Waals surface area contributed by atoms with Crippen molar-refractivity contribution in [3.63, 3.8) is 0 Å². The predicted octanol–water partition coefficient (Wildman–Crippen LogP) is 2.97. The van der Waals surface area contributed by atoms with E-state index < -0.39 is 0 Å². The van der Waals surface area contributed by atoms with Crippen molar-refractivity contribution < 1.29 is 19.1 Å². The second kappa shape index (κ2) is 10.3. The van der Waals surface area contributed by atoms with Crippen LogP contribution in [0.2, 0.25) is 0 Å². The number of methoxy groups -OCH3 is 1. The number of nitrogens with zero attached hydrogens (tertiary/aromatic N) is 2. The fourth-order valence-electron chi connectivity index (χ4n) is 3.78. The Morgan fingerprint density at radius 3 is 2.29 bits per heavy atom. The lowest BCUT2D eigenvalue weighted by Crippen LogP contribution is -2.52. The molecule has 2 fully saturated rings. The van der Waals surface area contributed by atoms with Crippen molar-refractivity contribution in [2.24, 2.45) is 5.92 Å². The number of rotatable bonds is 6. The third kappa shape index (κ3) is 5.86. The van der Waals surface area contributed by atoms with Gasteiger partial charge in [-0.25, -0.2) is 4.79 Å². The molecule has 1 N–H and O–H groups in total. The van der Waals surface area contributed by atoms with Crippen LogP contribution in [0.15, 0.2) is 24.3 Å². The van der Waals surface area contributed by atoms with Crippen LogP contribution in [0.4, 0.5) is 10.5 Å². The number of nitrogens with one attached hydrogen (secondary N) is 1. The molecule has 1 saturated heterocycles. The fourth-order valence-corrected chi connectivity index (χ4v) is 3.78. The van der Waals surface area contributed by atoms with Gasteiger partial charge in [-0.1, -0.05) is 19.3 Å². The molecule has 0 bridgehead atoms. The summed E-state index contributed by atoms with van der Waals surface area (Å²) in [4.78, 5) is 27.7. The summed E-state index contributed by atoms with van der Waals surface area (Å²) >= 11 is 0. The predicted molar refractivity (Wildman–Crippen MR) is 108 cm³/mol. The fraction of sp³-hybridized carbons (Fsp3) is 0.619. The summed E-state index contributed by atoms with van der Waals surface area (Å²) < 4.78 is 10.8. The van der Waals surface area contributed by atoms with Gasteiger partial charge in [0, 0.05) is 39.0 Å². The Morgan fingerprint density at radius 2 is 1.64 bits per heavy atom. The molecule has 1 heterocycles. The number of carbonyl (C=O) groups is 2. The molecule has 0 spiro atoms. The van der Waals surface area contributed by atoms with Gasteiger partial charge in [0.2, 0.25) is 5.91 Å². The highest BCUT2D eigenvalue weighted by molar-refractivity contribution is 5.89. The largest absolute Gasteiger partial charge is 0.493 e. The average molecular weight is 389 g/mol. The topological polar surface area (TPSA) is 71.1 Å². The third-order valence-corrected chi connectivity index (χ3v) is 5.50. The molecule has 1 saturated carbocycles. The van der Waals surface area contributed by atoms with Crippen molar-refractivity contribution in [2.45, 2.75) is 32.1 Å². The van der Waals surface area contributed by atoms with E-state index in [1.807, 2.05) is 24.3 Å². The molecule has 28 heavy (non-hydrogen) atoms. The zero-order valence-corrected chi connectivity index (χ0v) is 16.7. The van der Waals surface area contributed by atoms with Crippen LogP contribution in [0.1, 0.15) is 32.1 Å². The zero-order chi connectivity index (χ0) is 19.8. The van der Waals surface area contributed by atoms with Gasteiger partial charge in [-0.05, 0) is 43.0 Å². The van der Waals surface area contributed by atoms with E-state index in [1.165, 1.54) is 39.2 Å². The Kier molecular flexibility index (Phi) is 7.54. The summed E-state index contributed by atoms with van der Waals surface area (Å²) in [6, 6.07) is 7.40. The number of ether oxygens (including phenoxy) is 2. The maximum atomic E-state index is 12.4. The van der Waals surface area contributed by atoms with E-state index in [0.717, 1.165) is 18.0 Å². The van der Waals surface area contributed by atoms with Crippen LogP contribution in [0.25, 0.3) is 0 Å². The van der Waals surface area contributed by atoms with E-state index in [9.17, 15) is 9.59 Å². The normalized spacial score (nSPS) is 18.0. The molecule has 0 radical (unpaired) electrons. The number of carbonyl (C=O) groups excluding carboxylic acids is 2. The van der Waals surface area contributed by atoms with E-state index in [4.69, 9.17) is 9.47 Å². The summed E-state index contributed by atoms with van der Waals surface area (Å²) in [5.74, 6) is 1.47. The maximum absolute atomic E-state index is 12.4. The van der Waals surface area contributed by atoms with Crippen LogP contribution in [0, 0.1) is 5.92 Å². The van der Waals surface area contributed by atoms with Gasteiger partial charge in [-0.15, -0.1) is 0 Å². The lowest BCUT2D eigenvalue weighted by atomic mass is 9.90. The monoisotopic (exact) mass is 389 g/mol. The maximum Gasteiger partial charge on any atom is 0.321 e. The first-order valence-corrected chi connectivity index (χ1v) is 10.2. The van der Waals surface area contributed by atoms with Gasteiger partial charge >= 0.3 is 6.03 Å². The van der Waals surface area contributed by atoms with E-state index >= 15 is 0 Å². The first-order valence-electron chi connectivity index (χ1n) is 10.2. The number of urea groups is 1. The zero-order valence-electron chi connectivity index (χ0n) is 16.7. The minimum atomic E-state index is -0.144. The van der Waals surface area contributed by atoms with Crippen LogP contribution >= 0.6 is 0 Å². The summed E-state index contributed by atoms with van der Waals surface area (Å²) in [6.07, 6.45) is 6.50. The first kappa shape index (κ1) is 20.5. The van der Waals surface area contributed by atoms with Gasteiger partial charge in [0.15, 0.2) is 0 Å². The van der Waals surface area contributed by atoms with Crippen LogP contribution in [-0.2, 0) is 9.53 Å². The quantitative estimate of drug-likeness (QED) is 0.812. The van der Waals surface area contributed by atoms with Crippen LogP contribution in [0.3, 0.4) is 0 Å². The second-order valence-electron chi connectivity index (χ2n) is 7.57. The smallest absolute Gasteiger partial charge is 0.321 e. The Balaban J connectivity index is 1.41. The van der Waals surface area contributed by atoms with Gasteiger partial charge in [0.25, 0.3) is 0 Å². The van der Waals surface area contributed by atoms with Crippen molar-refractivity contribution in [3.8, 4) is 5.75 Å². The number of piperazine rings is 1. The number of amides is 3. The van der Waals surface area contributed by atoms with Crippen molar-refractivity contribution in [1.29, 1.82) is 0 Å². The minimum absolute atomic E-state index is 0.0358. The van der Waals surface area contributed by atoms with Crippen molar-refractivity contribution in [2.75, 3.05) is 51.8 Å². The Bertz CT molecular complexity index is 636. The number of anilines is 1. The van der Waals surface area contributed by atoms with E-state index in [1.54, 1.807) is 9.80 Å². The molecule has 0 atom stereocenters. The van der Waals surface area contributed by atoms with Crippen LogP contribution in [0.5, 0.6) is 5.75 Å². The molecule has 0 unspecified atom stereocenters. The van der Waals surface area contributed by atoms with Gasteiger partial charge in [-0.2, -0.15) is 0 Å². The third-order valence-electron chi connectivity index (χ3n) is 5.50. The SMILES string of the molecule is COCC(=O)N1CCN(C(=O)Nc2ccc(OCC3CCCCC3)cc2)CC1. The number of benzene rings is 1. The highest BCUT2D eigenvalue weighted by Gasteiger charge is 2.24. The van der Waals surface area contributed by atoms with Gasteiger partial charge in [0.1, 0.15) is 12.4 Å². The van der Waals surface area contributed by atoms with E-state index in [2.05, 4.69) is 5.32 Å². The molecule has 1 aromatic carbocycles. The molecule has 7 heteroatoms. The standard InChI is InChI=1S/C21H31N3O4/c1-27-16-20(25)23-11-13-24(14-12-23)21(26)22-18-7-9-19(10-8-18)28-15-17-5-3-2-4-6-17/h7-10,17H,2-6,11-16H2,1H3,(H,22,26). The average Bonchev–Trinajstić information content (AvgIpc) is 2.74. The lowest BCUT2D eigenvalue weighted by Gasteiger charge is -2.34. The van der Waals surface area contributed by atoms with Crippen molar-refractivity contribution in [1.82, 2.24) is 9.80 Å². The molecular formula is C21H31N3O4. The molecule has 3 rings (SSSR count). The molecule has 3 amide bonds. The second-order valence-corrected chi connectivity index (χ2v) is 7.57. The number of hydrogen-bond donors (Lipinski definition) is 1. The molecule has 1 aromatic rings. The highest BCUT2D eigenvalue weighted by atomic mass is 16.5.